The number of rotatable bonds is 4. The Hall–Kier alpha value is 0.0100. The second-order valence-corrected chi connectivity index (χ2v) is 8.91. The van der Waals surface area contributed by atoms with Crippen LogP contribution in [0.2, 0.25) is 0 Å². The SMILES string of the molecule is C[C@H](CI)[C@@H]1CC[C@@]2(C)C(OS(=O)(=O)C(F)(F)F)=CCC[C@@H]12. The topological polar surface area (TPSA) is 43.4 Å². The van der Waals surface area contributed by atoms with Gasteiger partial charge in [-0.1, -0.05) is 36.4 Å². The number of hydrogen-bond donors (Lipinski definition) is 0. The first-order valence-electron chi connectivity index (χ1n) is 7.30. The summed E-state index contributed by atoms with van der Waals surface area (Å²) in [7, 11) is -5.59. The van der Waals surface area contributed by atoms with Gasteiger partial charge in [0.05, 0.1) is 0 Å². The van der Waals surface area contributed by atoms with Crippen LogP contribution in [0.5, 0.6) is 0 Å². The van der Waals surface area contributed by atoms with E-state index in [1.54, 1.807) is 0 Å². The maximum atomic E-state index is 12.6. The van der Waals surface area contributed by atoms with Crippen LogP contribution in [0.3, 0.4) is 0 Å². The Labute approximate surface area is 142 Å². The molecule has 8 heteroatoms. The molecular weight excluding hydrogens is 432 g/mol. The molecular formula is C14H20F3IO3S. The Bertz CT molecular complexity index is 558. The van der Waals surface area contributed by atoms with Crippen molar-refractivity contribution < 1.29 is 25.8 Å². The quantitative estimate of drug-likeness (QED) is 0.270. The summed E-state index contributed by atoms with van der Waals surface area (Å²) in [4.78, 5) is 0. The van der Waals surface area contributed by atoms with Gasteiger partial charge in [0.25, 0.3) is 0 Å². The lowest BCUT2D eigenvalue weighted by molar-refractivity contribution is -0.0540. The largest absolute Gasteiger partial charge is 0.534 e. The molecule has 4 atom stereocenters. The lowest BCUT2D eigenvalue weighted by atomic mass is 9.68. The van der Waals surface area contributed by atoms with E-state index in [1.165, 1.54) is 6.08 Å². The fraction of sp³-hybridized carbons (Fsp3) is 0.857. The van der Waals surface area contributed by atoms with E-state index in [-0.39, 0.29) is 11.7 Å². The van der Waals surface area contributed by atoms with E-state index in [4.69, 9.17) is 0 Å². The van der Waals surface area contributed by atoms with Gasteiger partial charge in [-0.2, -0.15) is 21.6 Å². The summed E-state index contributed by atoms with van der Waals surface area (Å²) < 4.78 is 65.9. The highest BCUT2D eigenvalue weighted by Crippen LogP contribution is 2.58. The van der Waals surface area contributed by atoms with Gasteiger partial charge in [0.1, 0.15) is 5.76 Å². The number of alkyl halides is 4. The van der Waals surface area contributed by atoms with Crippen molar-refractivity contribution in [3.05, 3.63) is 11.8 Å². The molecule has 0 N–H and O–H groups in total. The molecule has 2 aliphatic carbocycles. The van der Waals surface area contributed by atoms with Gasteiger partial charge in [-0.3, -0.25) is 0 Å². The first-order valence-corrected chi connectivity index (χ1v) is 10.2. The van der Waals surface area contributed by atoms with Crippen molar-refractivity contribution in [1.29, 1.82) is 0 Å². The highest BCUT2D eigenvalue weighted by atomic mass is 127. The van der Waals surface area contributed by atoms with Crippen LogP contribution in [0.25, 0.3) is 0 Å². The molecule has 0 unspecified atom stereocenters. The lowest BCUT2D eigenvalue weighted by Crippen LogP contribution is -2.36. The second-order valence-electron chi connectivity index (χ2n) is 6.49. The molecule has 1 saturated carbocycles. The molecule has 0 bridgehead atoms. The molecule has 0 aromatic carbocycles. The van der Waals surface area contributed by atoms with Crippen molar-refractivity contribution in [3.63, 3.8) is 0 Å². The van der Waals surface area contributed by atoms with E-state index in [0.717, 1.165) is 17.3 Å². The minimum absolute atomic E-state index is 0.00997. The third kappa shape index (κ3) is 3.14. The van der Waals surface area contributed by atoms with Gasteiger partial charge in [0.2, 0.25) is 0 Å². The molecule has 3 nitrogen and oxygen atoms in total. The van der Waals surface area contributed by atoms with E-state index >= 15 is 0 Å². The third-order valence-corrected chi connectivity index (χ3v) is 7.51. The van der Waals surface area contributed by atoms with E-state index < -0.39 is 21.0 Å². The van der Waals surface area contributed by atoms with Gasteiger partial charge in [-0.15, -0.1) is 0 Å². The molecule has 0 spiro atoms. The molecule has 22 heavy (non-hydrogen) atoms. The second kappa shape index (κ2) is 6.14. The van der Waals surface area contributed by atoms with Gasteiger partial charge in [-0.25, -0.2) is 0 Å². The fourth-order valence-corrected chi connectivity index (χ4v) is 5.12. The van der Waals surface area contributed by atoms with Crippen LogP contribution in [-0.2, 0) is 14.3 Å². The van der Waals surface area contributed by atoms with Gasteiger partial charge in [0, 0.05) is 9.84 Å². The van der Waals surface area contributed by atoms with Gasteiger partial charge in [-0.05, 0) is 49.5 Å². The monoisotopic (exact) mass is 452 g/mol. The summed E-state index contributed by atoms with van der Waals surface area (Å²) in [6.45, 7) is 3.99. The zero-order chi connectivity index (χ0) is 16.8. The summed E-state index contributed by atoms with van der Waals surface area (Å²) >= 11 is 2.32. The molecule has 2 aliphatic rings. The van der Waals surface area contributed by atoms with Crippen molar-refractivity contribution in [1.82, 2.24) is 0 Å². The summed E-state index contributed by atoms with van der Waals surface area (Å²) in [5, 5.41) is 0. The summed E-state index contributed by atoms with van der Waals surface area (Å²) in [6.07, 6.45) is 4.53. The van der Waals surface area contributed by atoms with E-state index in [2.05, 4.69) is 33.7 Å². The predicted octanol–water partition coefficient (Wildman–Crippen LogP) is 4.63. The fourth-order valence-electron chi connectivity index (χ4n) is 3.88. The van der Waals surface area contributed by atoms with Crippen LogP contribution in [0, 0.1) is 23.2 Å². The van der Waals surface area contributed by atoms with E-state index in [0.29, 0.717) is 24.7 Å². The first kappa shape index (κ1) is 18.4. The van der Waals surface area contributed by atoms with Crippen LogP contribution in [0.15, 0.2) is 11.8 Å². The standard InChI is InChI=1S/C14H20F3IO3S/c1-9(8-18)10-6-7-13(2)11(10)4-3-5-12(13)21-22(19,20)14(15,16)17/h5,9-11H,3-4,6-8H2,1-2H3/t9-,10+,11+,13-/m1/s1. The molecule has 0 aromatic rings. The molecule has 2 rings (SSSR count). The molecule has 0 heterocycles. The van der Waals surface area contributed by atoms with Gasteiger partial charge >= 0.3 is 15.6 Å². The Kier molecular flexibility index (Phi) is 5.12. The lowest BCUT2D eigenvalue weighted by Gasteiger charge is -2.39. The van der Waals surface area contributed by atoms with Crippen molar-refractivity contribution in [2.45, 2.75) is 45.0 Å². The number of allylic oxidation sites excluding steroid dienone is 2. The molecule has 0 aliphatic heterocycles. The highest BCUT2D eigenvalue weighted by Gasteiger charge is 2.55. The average molecular weight is 452 g/mol. The number of hydrogen-bond acceptors (Lipinski definition) is 3. The van der Waals surface area contributed by atoms with Crippen molar-refractivity contribution in [2.75, 3.05) is 4.43 Å². The zero-order valence-corrected chi connectivity index (χ0v) is 15.5. The molecule has 1 fully saturated rings. The first-order chi connectivity index (χ1) is 10.0. The van der Waals surface area contributed by atoms with Crippen LogP contribution < -0.4 is 0 Å². The summed E-state index contributed by atoms with van der Waals surface area (Å²) in [5.74, 6) is 1.04. The van der Waals surface area contributed by atoms with Crippen LogP contribution in [0.4, 0.5) is 13.2 Å². The van der Waals surface area contributed by atoms with E-state index in [9.17, 15) is 21.6 Å². The summed E-state index contributed by atoms with van der Waals surface area (Å²) in [6, 6.07) is 0. The maximum absolute atomic E-state index is 12.6. The molecule has 0 radical (unpaired) electrons. The Balaban J connectivity index is 2.27. The van der Waals surface area contributed by atoms with Crippen molar-refractivity contribution in [3.8, 4) is 0 Å². The normalized spacial score (nSPS) is 34.0. The summed E-state index contributed by atoms with van der Waals surface area (Å²) in [5.41, 5.74) is -5.99. The minimum atomic E-state index is -5.59. The van der Waals surface area contributed by atoms with Gasteiger partial charge < -0.3 is 4.18 Å². The Morgan fingerprint density at radius 2 is 2.09 bits per heavy atom. The van der Waals surface area contributed by atoms with Crippen LogP contribution in [-0.4, -0.2) is 18.4 Å². The molecule has 128 valence electrons. The average Bonchev–Trinajstić information content (AvgIpc) is 2.75. The number of fused-ring (bicyclic) bond motifs is 1. The molecule has 0 aromatic heterocycles. The third-order valence-electron chi connectivity index (χ3n) is 5.16. The minimum Gasteiger partial charge on any atom is -0.380 e. The highest BCUT2D eigenvalue weighted by molar-refractivity contribution is 14.1. The van der Waals surface area contributed by atoms with Crippen molar-refractivity contribution in [2.24, 2.45) is 23.2 Å². The Morgan fingerprint density at radius 3 is 2.64 bits per heavy atom. The maximum Gasteiger partial charge on any atom is 0.534 e. The smallest absolute Gasteiger partial charge is 0.380 e. The van der Waals surface area contributed by atoms with Gasteiger partial charge in [0.15, 0.2) is 0 Å². The molecule has 0 amide bonds. The van der Waals surface area contributed by atoms with Crippen LogP contribution in [0.1, 0.15) is 39.5 Å². The van der Waals surface area contributed by atoms with E-state index in [1.807, 2.05) is 6.92 Å². The van der Waals surface area contributed by atoms with Crippen molar-refractivity contribution >= 4 is 32.7 Å². The van der Waals surface area contributed by atoms with Crippen LogP contribution >= 0.6 is 22.6 Å². The molecule has 0 saturated heterocycles. The Morgan fingerprint density at radius 1 is 1.45 bits per heavy atom. The zero-order valence-electron chi connectivity index (χ0n) is 12.5. The predicted molar refractivity (Wildman–Crippen MR) is 85.7 cm³/mol. The number of halogens is 4.